The van der Waals surface area contributed by atoms with Crippen molar-refractivity contribution in [3.63, 3.8) is 0 Å². The number of halogens is 1. The first-order chi connectivity index (χ1) is 8.59. The Morgan fingerprint density at radius 2 is 2.33 bits per heavy atom. The van der Waals surface area contributed by atoms with Gasteiger partial charge in [0.2, 0.25) is 0 Å². The van der Waals surface area contributed by atoms with Crippen molar-refractivity contribution in [3.8, 4) is 0 Å². The third-order valence-electron chi connectivity index (χ3n) is 3.72. The number of rotatable bonds is 5. The van der Waals surface area contributed by atoms with Gasteiger partial charge < -0.3 is 5.32 Å². The highest BCUT2D eigenvalue weighted by atomic mass is 32.2. The van der Waals surface area contributed by atoms with E-state index in [4.69, 9.17) is 0 Å². The van der Waals surface area contributed by atoms with E-state index >= 15 is 0 Å². The minimum absolute atomic E-state index is 0.0835. The van der Waals surface area contributed by atoms with E-state index in [1.807, 2.05) is 13.0 Å². The molecule has 2 rings (SSSR count). The van der Waals surface area contributed by atoms with Gasteiger partial charge in [0, 0.05) is 28.3 Å². The summed E-state index contributed by atoms with van der Waals surface area (Å²) in [6.45, 7) is 2.83. The normalized spacial score (nSPS) is 21.6. The fourth-order valence-electron chi connectivity index (χ4n) is 2.45. The Bertz CT molecular complexity index is 449. The fourth-order valence-corrected chi connectivity index (χ4v) is 2.90. The molecule has 2 nitrogen and oxygen atoms in total. The van der Waals surface area contributed by atoms with Crippen molar-refractivity contribution in [2.24, 2.45) is 0 Å². The number of nitrogens with one attached hydrogen (secondary N) is 1. The summed E-state index contributed by atoms with van der Waals surface area (Å²) in [4.78, 5) is 0. The van der Waals surface area contributed by atoms with Crippen molar-refractivity contribution < 1.29 is 8.60 Å². The molecule has 1 aliphatic rings. The van der Waals surface area contributed by atoms with Gasteiger partial charge in [-0.3, -0.25) is 4.21 Å². The topological polar surface area (TPSA) is 29.1 Å². The van der Waals surface area contributed by atoms with Crippen LogP contribution in [0.4, 0.5) is 4.39 Å². The van der Waals surface area contributed by atoms with Crippen LogP contribution in [-0.2, 0) is 17.2 Å². The summed E-state index contributed by atoms with van der Waals surface area (Å²) in [7, 11) is -0.762. The predicted molar refractivity (Wildman–Crippen MR) is 73.6 cm³/mol. The molecule has 0 saturated carbocycles. The highest BCUT2D eigenvalue weighted by Crippen LogP contribution is 2.32. The van der Waals surface area contributed by atoms with Crippen molar-refractivity contribution >= 4 is 10.8 Å². The van der Waals surface area contributed by atoms with Gasteiger partial charge >= 0.3 is 0 Å². The zero-order chi connectivity index (χ0) is 13.1. The average Bonchev–Trinajstić information content (AvgIpc) is 2.74. The molecule has 0 heterocycles. The predicted octanol–water partition coefficient (Wildman–Crippen LogP) is 2.56. The van der Waals surface area contributed by atoms with Crippen LogP contribution in [0.1, 0.15) is 36.9 Å². The Morgan fingerprint density at radius 3 is 3.06 bits per heavy atom. The molecule has 1 aromatic rings. The highest BCUT2D eigenvalue weighted by Gasteiger charge is 2.24. The molecule has 1 aliphatic carbocycles. The summed E-state index contributed by atoms with van der Waals surface area (Å²) in [6.07, 6.45) is 4.41. The van der Waals surface area contributed by atoms with Crippen LogP contribution in [0, 0.1) is 5.82 Å². The number of benzene rings is 1. The molecule has 0 radical (unpaired) electrons. The molecule has 18 heavy (non-hydrogen) atoms. The molecule has 0 amide bonds. The van der Waals surface area contributed by atoms with Crippen LogP contribution in [-0.4, -0.2) is 22.3 Å². The number of hydrogen-bond donors (Lipinski definition) is 1. The van der Waals surface area contributed by atoms with Crippen molar-refractivity contribution in [1.82, 2.24) is 5.32 Å². The summed E-state index contributed by atoms with van der Waals surface area (Å²) < 4.78 is 24.8. The van der Waals surface area contributed by atoms with Gasteiger partial charge in [0.25, 0.3) is 0 Å². The lowest BCUT2D eigenvalue weighted by Crippen LogP contribution is -2.24. The summed E-state index contributed by atoms with van der Waals surface area (Å²) in [5.74, 6) is -0.0835. The molecule has 3 atom stereocenters. The molecule has 0 bridgehead atoms. The van der Waals surface area contributed by atoms with Crippen LogP contribution >= 0.6 is 0 Å². The SMILES string of the molecule is CC(CCNC1CCc2c(F)cccc21)S(C)=O. The second-order valence-electron chi connectivity index (χ2n) is 4.95. The van der Waals surface area contributed by atoms with E-state index in [-0.39, 0.29) is 17.1 Å². The van der Waals surface area contributed by atoms with Crippen molar-refractivity contribution in [1.29, 1.82) is 0 Å². The van der Waals surface area contributed by atoms with Gasteiger partial charge in [-0.1, -0.05) is 19.1 Å². The maximum absolute atomic E-state index is 13.6. The molecule has 1 N–H and O–H groups in total. The summed E-state index contributed by atoms with van der Waals surface area (Å²) in [6, 6.07) is 5.57. The smallest absolute Gasteiger partial charge is 0.126 e. The molecular formula is C14H20FNOS. The van der Waals surface area contributed by atoms with Crippen molar-refractivity contribution in [2.75, 3.05) is 12.8 Å². The molecule has 0 spiro atoms. The lowest BCUT2D eigenvalue weighted by Gasteiger charge is -2.15. The van der Waals surface area contributed by atoms with E-state index in [0.29, 0.717) is 0 Å². The lowest BCUT2D eigenvalue weighted by molar-refractivity contribution is 0.518. The molecule has 0 aliphatic heterocycles. The molecular weight excluding hydrogens is 249 g/mol. The molecule has 0 fully saturated rings. The lowest BCUT2D eigenvalue weighted by atomic mass is 10.1. The third-order valence-corrected chi connectivity index (χ3v) is 5.09. The van der Waals surface area contributed by atoms with E-state index in [0.717, 1.165) is 36.9 Å². The Labute approximate surface area is 110 Å². The van der Waals surface area contributed by atoms with Crippen LogP contribution in [0.15, 0.2) is 18.2 Å². The fraction of sp³-hybridized carbons (Fsp3) is 0.571. The van der Waals surface area contributed by atoms with Gasteiger partial charge in [-0.2, -0.15) is 0 Å². The second-order valence-corrected chi connectivity index (χ2v) is 6.75. The summed E-state index contributed by atoms with van der Waals surface area (Å²) >= 11 is 0. The van der Waals surface area contributed by atoms with Gasteiger partial charge in [-0.15, -0.1) is 0 Å². The van der Waals surface area contributed by atoms with E-state index < -0.39 is 10.8 Å². The summed E-state index contributed by atoms with van der Waals surface area (Å²) in [5.41, 5.74) is 1.96. The standard InChI is InChI=1S/C14H20FNOS/c1-10(18(2)17)8-9-16-14-7-6-11-12(14)4-3-5-13(11)15/h3-5,10,14,16H,6-9H2,1-2H3. The van der Waals surface area contributed by atoms with Gasteiger partial charge in [0.1, 0.15) is 5.82 Å². The van der Waals surface area contributed by atoms with Gasteiger partial charge in [-0.05, 0) is 43.0 Å². The minimum Gasteiger partial charge on any atom is -0.310 e. The number of fused-ring (bicyclic) bond motifs is 1. The molecule has 1 aromatic carbocycles. The van der Waals surface area contributed by atoms with E-state index in [1.165, 1.54) is 6.07 Å². The van der Waals surface area contributed by atoms with Crippen LogP contribution in [0.2, 0.25) is 0 Å². The number of hydrogen-bond acceptors (Lipinski definition) is 2. The minimum atomic E-state index is -0.762. The first-order valence-corrected chi connectivity index (χ1v) is 8.04. The van der Waals surface area contributed by atoms with Crippen molar-refractivity contribution in [3.05, 3.63) is 35.1 Å². The van der Waals surface area contributed by atoms with Gasteiger partial charge in [-0.25, -0.2) is 4.39 Å². The van der Waals surface area contributed by atoms with Gasteiger partial charge in [0.05, 0.1) is 0 Å². The van der Waals surface area contributed by atoms with E-state index in [1.54, 1.807) is 12.3 Å². The first kappa shape index (κ1) is 13.7. The molecule has 100 valence electrons. The molecule has 0 saturated heterocycles. The monoisotopic (exact) mass is 269 g/mol. The van der Waals surface area contributed by atoms with Crippen molar-refractivity contribution in [2.45, 2.75) is 37.5 Å². The quantitative estimate of drug-likeness (QED) is 0.890. The zero-order valence-electron chi connectivity index (χ0n) is 10.9. The van der Waals surface area contributed by atoms with E-state index in [2.05, 4.69) is 5.32 Å². The maximum Gasteiger partial charge on any atom is 0.126 e. The van der Waals surface area contributed by atoms with Crippen LogP contribution in [0.3, 0.4) is 0 Å². The highest BCUT2D eigenvalue weighted by molar-refractivity contribution is 7.84. The Balaban J connectivity index is 1.90. The molecule has 0 aromatic heterocycles. The van der Waals surface area contributed by atoms with Crippen LogP contribution in [0.5, 0.6) is 0 Å². The Kier molecular flexibility index (Phi) is 4.51. The first-order valence-electron chi connectivity index (χ1n) is 6.42. The van der Waals surface area contributed by atoms with Gasteiger partial charge in [0.15, 0.2) is 0 Å². The van der Waals surface area contributed by atoms with Crippen LogP contribution in [0.25, 0.3) is 0 Å². The maximum atomic E-state index is 13.6. The Hall–Kier alpha value is -0.740. The largest absolute Gasteiger partial charge is 0.310 e. The summed E-state index contributed by atoms with van der Waals surface area (Å²) in [5, 5.41) is 3.66. The molecule has 4 heteroatoms. The second kappa shape index (κ2) is 5.93. The van der Waals surface area contributed by atoms with Crippen LogP contribution < -0.4 is 5.32 Å². The average molecular weight is 269 g/mol. The molecule has 3 unspecified atom stereocenters. The van der Waals surface area contributed by atoms with E-state index in [9.17, 15) is 8.60 Å². The zero-order valence-corrected chi connectivity index (χ0v) is 11.7. The Morgan fingerprint density at radius 1 is 1.56 bits per heavy atom. The third kappa shape index (κ3) is 2.98.